The molecule has 42 heavy (non-hydrogen) atoms. The molecule has 1 N–H and O–H groups in total. The molecule has 0 unspecified atom stereocenters. The van der Waals surface area contributed by atoms with Crippen molar-refractivity contribution in [1.82, 2.24) is 15.0 Å². The van der Waals surface area contributed by atoms with E-state index < -0.39 is 24.1 Å². The van der Waals surface area contributed by atoms with Gasteiger partial charge in [-0.25, -0.2) is 33.8 Å². The van der Waals surface area contributed by atoms with Crippen LogP contribution in [0, 0.1) is 19.0 Å². The van der Waals surface area contributed by atoms with E-state index in [2.05, 4.69) is 30.0 Å². The van der Waals surface area contributed by atoms with Crippen LogP contribution in [0.1, 0.15) is 19.3 Å². The Morgan fingerprint density at radius 2 is 1.88 bits per heavy atom. The van der Waals surface area contributed by atoms with Crippen molar-refractivity contribution in [2.45, 2.75) is 31.5 Å². The molecule has 6 rings (SSSR count). The predicted molar refractivity (Wildman–Crippen MR) is 156 cm³/mol. The lowest BCUT2D eigenvalue weighted by molar-refractivity contribution is 0.0401. The van der Waals surface area contributed by atoms with Crippen molar-refractivity contribution >= 4 is 55.7 Å². The Labute approximate surface area is 243 Å². The number of carbonyl (C=O) groups excluding carboxylic acids is 1. The van der Waals surface area contributed by atoms with E-state index in [0.717, 1.165) is 6.42 Å². The number of hydrogen-bond donors (Lipinski definition) is 1. The molecule has 3 aromatic carbocycles. The molecule has 5 aromatic rings. The summed E-state index contributed by atoms with van der Waals surface area (Å²) >= 11 is 1.31. The van der Waals surface area contributed by atoms with Gasteiger partial charge in [0.1, 0.15) is 17.2 Å². The Bertz CT molecular complexity index is 1930. The molecule has 0 bridgehead atoms. The maximum Gasteiger partial charge on any atom is 0.411 e. The second-order valence-corrected chi connectivity index (χ2v) is 10.5. The standard InChI is InChI=1S/C30H21FN6O4S/c1-32-16-6-4-7-17(10-16)35-30(38)41-24-9-5-8-23(24)40-25-14-26-21(13-20(25)31)37-29(42-26)19-11-18(33-2)12-22-28(19)34-15-27(36-22)39-3/h4,6-7,10-15,23-24H,5,8-9H2,3H3,(H,35,38)/t23-,24+/m1/s1. The van der Waals surface area contributed by atoms with Crippen LogP contribution in [0.5, 0.6) is 11.6 Å². The second-order valence-electron chi connectivity index (χ2n) is 9.47. The maximum atomic E-state index is 15.2. The van der Waals surface area contributed by atoms with Crippen molar-refractivity contribution in [3.05, 3.63) is 83.4 Å². The second kappa shape index (κ2) is 11.3. The van der Waals surface area contributed by atoms with Gasteiger partial charge in [0.15, 0.2) is 22.9 Å². The number of nitrogens with zero attached hydrogens (tertiary/aromatic N) is 5. The summed E-state index contributed by atoms with van der Waals surface area (Å²) in [6.45, 7) is 14.6. The lowest BCUT2D eigenvalue weighted by Crippen LogP contribution is -2.32. The average molecular weight is 581 g/mol. The van der Waals surface area contributed by atoms with Crippen LogP contribution >= 0.6 is 11.3 Å². The number of amides is 1. The van der Waals surface area contributed by atoms with Crippen molar-refractivity contribution in [2.75, 3.05) is 12.4 Å². The van der Waals surface area contributed by atoms with Crippen molar-refractivity contribution in [1.29, 1.82) is 0 Å². The van der Waals surface area contributed by atoms with Gasteiger partial charge in [0.2, 0.25) is 5.88 Å². The molecule has 0 spiro atoms. The minimum atomic E-state index is -0.671. The molecule has 208 valence electrons. The molecule has 0 saturated heterocycles. The molecule has 1 amide bonds. The zero-order chi connectivity index (χ0) is 29.2. The number of ether oxygens (including phenoxy) is 3. The molecule has 2 atom stereocenters. The molecule has 1 saturated carbocycles. The van der Waals surface area contributed by atoms with Gasteiger partial charge in [-0.05, 0) is 43.5 Å². The zero-order valence-corrected chi connectivity index (χ0v) is 22.9. The van der Waals surface area contributed by atoms with Gasteiger partial charge < -0.3 is 14.2 Å². The number of halogens is 1. The van der Waals surface area contributed by atoms with Gasteiger partial charge in [-0.3, -0.25) is 5.32 Å². The molecule has 0 radical (unpaired) electrons. The van der Waals surface area contributed by atoms with Crippen molar-refractivity contribution in [3.8, 4) is 22.2 Å². The van der Waals surface area contributed by atoms with Crippen LogP contribution in [0.4, 0.5) is 26.2 Å². The highest BCUT2D eigenvalue weighted by Crippen LogP contribution is 2.39. The summed E-state index contributed by atoms with van der Waals surface area (Å²) in [4.78, 5) is 32.9. The lowest BCUT2D eigenvalue weighted by atomic mass is 10.1. The third-order valence-corrected chi connectivity index (χ3v) is 7.82. The largest absolute Gasteiger partial charge is 0.483 e. The van der Waals surface area contributed by atoms with E-state index in [0.29, 0.717) is 67.6 Å². The highest BCUT2D eigenvalue weighted by atomic mass is 32.1. The van der Waals surface area contributed by atoms with Gasteiger partial charge in [0.25, 0.3) is 0 Å². The van der Waals surface area contributed by atoms with Crippen molar-refractivity contribution in [2.24, 2.45) is 0 Å². The molecule has 2 heterocycles. The number of aromatic nitrogens is 3. The summed E-state index contributed by atoms with van der Waals surface area (Å²) in [7, 11) is 1.49. The first-order valence-corrected chi connectivity index (χ1v) is 13.7. The van der Waals surface area contributed by atoms with Gasteiger partial charge in [0.05, 0.1) is 47.7 Å². The van der Waals surface area contributed by atoms with E-state index >= 15 is 4.39 Å². The van der Waals surface area contributed by atoms with Crippen LogP contribution in [0.3, 0.4) is 0 Å². The molecular weight excluding hydrogens is 559 g/mol. The quantitative estimate of drug-likeness (QED) is 0.205. The highest BCUT2D eigenvalue weighted by Gasteiger charge is 2.33. The first-order valence-electron chi connectivity index (χ1n) is 12.9. The van der Waals surface area contributed by atoms with E-state index in [9.17, 15) is 4.79 Å². The van der Waals surface area contributed by atoms with Gasteiger partial charge in [0, 0.05) is 23.4 Å². The first kappa shape index (κ1) is 26.9. The molecule has 1 fully saturated rings. The fourth-order valence-electron chi connectivity index (χ4n) is 4.82. The van der Waals surface area contributed by atoms with E-state index in [1.165, 1.54) is 30.7 Å². The van der Waals surface area contributed by atoms with Crippen LogP contribution < -0.4 is 14.8 Å². The maximum absolute atomic E-state index is 15.2. The summed E-state index contributed by atoms with van der Waals surface area (Å²) in [5.74, 6) is -0.230. The third-order valence-electron chi connectivity index (χ3n) is 6.77. The van der Waals surface area contributed by atoms with Crippen LogP contribution in [0.25, 0.3) is 41.5 Å². The third kappa shape index (κ3) is 5.36. The Kier molecular flexibility index (Phi) is 7.21. The van der Waals surface area contributed by atoms with E-state index in [1.807, 2.05) is 0 Å². The van der Waals surface area contributed by atoms with Crippen LogP contribution in [-0.2, 0) is 4.74 Å². The summed E-state index contributed by atoms with van der Waals surface area (Å²) < 4.78 is 32.7. The van der Waals surface area contributed by atoms with Gasteiger partial charge in [-0.15, -0.1) is 11.3 Å². The molecule has 2 aromatic heterocycles. The van der Waals surface area contributed by atoms with Gasteiger partial charge in [-0.1, -0.05) is 12.1 Å². The first-order chi connectivity index (χ1) is 20.4. The fourth-order valence-corrected chi connectivity index (χ4v) is 5.81. The van der Waals surface area contributed by atoms with Crippen LogP contribution in [-0.4, -0.2) is 40.4 Å². The number of fused-ring (bicyclic) bond motifs is 2. The van der Waals surface area contributed by atoms with Gasteiger partial charge >= 0.3 is 6.09 Å². The molecule has 0 aliphatic heterocycles. The van der Waals surface area contributed by atoms with Gasteiger partial charge in [-0.2, -0.15) is 0 Å². The van der Waals surface area contributed by atoms with E-state index in [4.69, 9.17) is 27.4 Å². The number of carbonyl (C=O) groups is 1. The number of nitrogens with one attached hydrogen (secondary N) is 1. The molecular formula is C30H21FN6O4S. The number of benzene rings is 3. The molecule has 1 aliphatic rings. The van der Waals surface area contributed by atoms with E-state index in [-0.39, 0.29) is 5.75 Å². The van der Waals surface area contributed by atoms with Crippen molar-refractivity contribution in [3.63, 3.8) is 0 Å². The number of rotatable bonds is 6. The zero-order valence-electron chi connectivity index (χ0n) is 22.1. The number of methoxy groups -OCH3 is 1. The highest BCUT2D eigenvalue weighted by molar-refractivity contribution is 7.21. The SMILES string of the molecule is [C-]#[N+]c1cccc(NC(=O)O[C@H]2CCC[C@H]2Oc2cc3sc(-c4cc([N+]#[C-])cc5nc(OC)cnc45)nc3cc2F)c1. The van der Waals surface area contributed by atoms with E-state index in [1.54, 1.807) is 42.5 Å². The molecule has 12 heteroatoms. The summed E-state index contributed by atoms with van der Waals surface area (Å²) in [5.41, 5.74) is 3.28. The predicted octanol–water partition coefficient (Wildman–Crippen LogP) is 7.70. The number of thiazole rings is 1. The smallest absolute Gasteiger partial charge is 0.411 e. The molecule has 10 nitrogen and oxygen atoms in total. The Hall–Kier alpha value is -5.33. The summed E-state index contributed by atoms with van der Waals surface area (Å²) in [5, 5.41) is 3.19. The lowest BCUT2D eigenvalue weighted by Gasteiger charge is -2.22. The fraction of sp³-hybridized carbons (Fsp3) is 0.200. The topological polar surface area (TPSA) is 104 Å². The Morgan fingerprint density at radius 1 is 1.05 bits per heavy atom. The normalized spacial score (nSPS) is 16.1. The minimum Gasteiger partial charge on any atom is -0.483 e. The van der Waals surface area contributed by atoms with Crippen molar-refractivity contribution < 1.29 is 23.4 Å². The number of anilines is 1. The summed E-state index contributed by atoms with van der Waals surface area (Å²) in [6, 6.07) is 12.7. The Balaban J connectivity index is 1.24. The minimum absolute atomic E-state index is 0.0349. The monoisotopic (exact) mass is 580 g/mol. The number of hydrogen-bond acceptors (Lipinski definition) is 8. The summed E-state index contributed by atoms with van der Waals surface area (Å²) in [6.07, 6.45) is 1.64. The van der Waals surface area contributed by atoms with Crippen LogP contribution in [0.15, 0.2) is 54.7 Å². The van der Waals surface area contributed by atoms with Crippen LogP contribution in [0.2, 0.25) is 0 Å². The average Bonchev–Trinajstić information content (AvgIpc) is 3.62. The Morgan fingerprint density at radius 3 is 2.69 bits per heavy atom. The molecule has 1 aliphatic carbocycles.